The summed E-state index contributed by atoms with van der Waals surface area (Å²) in [6, 6.07) is 2.36. The molecule has 0 unspecified atom stereocenters. The third-order valence-corrected chi connectivity index (χ3v) is 2.80. The lowest BCUT2D eigenvalue weighted by molar-refractivity contribution is -0.141. The maximum Gasteiger partial charge on any atom is 0.435 e. The molecule has 2 rings (SSSR count). The van der Waals surface area contributed by atoms with Gasteiger partial charge in [0.1, 0.15) is 0 Å². The van der Waals surface area contributed by atoms with E-state index < -0.39 is 11.9 Å². The van der Waals surface area contributed by atoms with E-state index in [9.17, 15) is 13.2 Å². The van der Waals surface area contributed by atoms with Crippen LogP contribution in [-0.4, -0.2) is 25.8 Å². The second-order valence-electron chi connectivity index (χ2n) is 4.37. The van der Waals surface area contributed by atoms with E-state index in [1.54, 1.807) is 13.8 Å². The molecule has 2 aromatic rings. The SMILES string of the molecule is Cc1cc(-n2ccc(C(F)(F)F)n2)c(/C(N)=N/O)c(C)n1. The zero-order valence-corrected chi connectivity index (χ0v) is 11.2. The van der Waals surface area contributed by atoms with Crippen LogP contribution in [-0.2, 0) is 6.18 Å². The Bertz CT molecular complexity index is 705. The van der Waals surface area contributed by atoms with Crippen LogP contribution in [0.4, 0.5) is 13.2 Å². The number of nitrogens with zero attached hydrogens (tertiary/aromatic N) is 4. The fourth-order valence-corrected chi connectivity index (χ4v) is 1.96. The van der Waals surface area contributed by atoms with Crippen molar-refractivity contribution in [3.8, 4) is 5.69 Å². The van der Waals surface area contributed by atoms with Gasteiger partial charge in [0.2, 0.25) is 0 Å². The molecule has 21 heavy (non-hydrogen) atoms. The van der Waals surface area contributed by atoms with Crippen LogP contribution in [0.2, 0.25) is 0 Å². The van der Waals surface area contributed by atoms with E-state index >= 15 is 0 Å². The molecule has 112 valence electrons. The van der Waals surface area contributed by atoms with Gasteiger partial charge in [-0.25, -0.2) is 4.68 Å². The highest BCUT2D eigenvalue weighted by atomic mass is 19.4. The molecule has 3 N–H and O–H groups in total. The summed E-state index contributed by atoms with van der Waals surface area (Å²) >= 11 is 0. The van der Waals surface area contributed by atoms with Crippen molar-refractivity contribution in [2.24, 2.45) is 10.9 Å². The lowest BCUT2D eigenvalue weighted by atomic mass is 10.1. The van der Waals surface area contributed by atoms with Crippen molar-refractivity contribution in [2.45, 2.75) is 20.0 Å². The monoisotopic (exact) mass is 299 g/mol. The fourth-order valence-electron chi connectivity index (χ4n) is 1.96. The molecule has 0 saturated carbocycles. The maximum atomic E-state index is 12.6. The smallest absolute Gasteiger partial charge is 0.409 e. The van der Waals surface area contributed by atoms with Crippen molar-refractivity contribution >= 4 is 5.84 Å². The summed E-state index contributed by atoms with van der Waals surface area (Å²) in [6.07, 6.45) is -3.38. The number of nitrogens with two attached hydrogens (primary N) is 1. The first kappa shape index (κ1) is 14.8. The van der Waals surface area contributed by atoms with Crippen LogP contribution in [0.5, 0.6) is 0 Å². The molecule has 0 aromatic carbocycles. The number of aryl methyl sites for hydroxylation is 2. The van der Waals surface area contributed by atoms with Gasteiger partial charge in [-0.3, -0.25) is 4.98 Å². The minimum atomic E-state index is -4.54. The number of oxime groups is 1. The Kier molecular flexibility index (Phi) is 3.58. The molecule has 0 spiro atoms. The Hall–Kier alpha value is -2.58. The van der Waals surface area contributed by atoms with E-state index in [0.29, 0.717) is 11.4 Å². The van der Waals surface area contributed by atoms with E-state index in [-0.39, 0.29) is 17.1 Å². The van der Waals surface area contributed by atoms with Crippen LogP contribution >= 0.6 is 0 Å². The van der Waals surface area contributed by atoms with Crippen LogP contribution in [0.25, 0.3) is 5.69 Å². The lowest BCUT2D eigenvalue weighted by Crippen LogP contribution is -2.20. The first-order chi connectivity index (χ1) is 9.74. The molecule has 2 heterocycles. The lowest BCUT2D eigenvalue weighted by Gasteiger charge is -2.12. The number of hydrogen-bond donors (Lipinski definition) is 2. The number of pyridine rings is 1. The second-order valence-corrected chi connectivity index (χ2v) is 4.37. The van der Waals surface area contributed by atoms with E-state index in [2.05, 4.69) is 15.2 Å². The van der Waals surface area contributed by atoms with E-state index in [4.69, 9.17) is 10.9 Å². The Balaban J connectivity index is 2.66. The molecule has 0 aliphatic carbocycles. The Morgan fingerprint density at radius 3 is 2.57 bits per heavy atom. The Morgan fingerprint density at radius 1 is 1.38 bits per heavy atom. The molecular formula is C12H12F3N5O. The summed E-state index contributed by atoms with van der Waals surface area (Å²) < 4.78 is 38.9. The molecule has 0 aliphatic heterocycles. The highest BCUT2D eigenvalue weighted by Gasteiger charge is 2.34. The van der Waals surface area contributed by atoms with Gasteiger partial charge < -0.3 is 10.9 Å². The quantitative estimate of drug-likeness (QED) is 0.384. The predicted molar refractivity (Wildman–Crippen MR) is 68.3 cm³/mol. The average molecular weight is 299 g/mol. The van der Waals surface area contributed by atoms with Gasteiger partial charge in [-0.1, -0.05) is 5.16 Å². The number of aromatic nitrogens is 3. The highest BCUT2D eigenvalue weighted by molar-refractivity contribution is 6.01. The summed E-state index contributed by atoms with van der Waals surface area (Å²) in [5, 5.41) is 15.2. The van der Waals surface area contributed by atoms with Gasteiger partial charge in [-0.05, 0) is 26.0 Å². The standard InChI is InChI=1S/C12H12F3N5O/c1-6-5-8(10(7(2)17-6)11(16)19-21)20-4-3-9(18-20)12(13,14)15/h3-5,21H,1-2H3,(H2,16,19). The van der Waals surface area contributed by atoms with Gasteiger partial charge in [0.05, 0.1) is 16.9 Å². The molecule has 0 aliphatic rings. The van der Waals surface area contributed by atoms with Crippen molar-refractivity contribution in [1.82, 2.24) is 14.8 Å². The van der Waals surface area contributed by atoms with E-state index in [1.165, 1.54) is 6.07 Å². The van der Waals surface area contributed by atoms with Crippen molar-refractivity contribution < 1.29 is 18.4 Å². The third kappa shape index (κ3) is 2.81. The molecule has 0 atom stereocenters. The second kappa shape index (κ2) is 5.08. The van der Waals surface area contributed by atoms with Gasteiger partial charge >= 0.3 is 6.18 Å². The Morgan fingerprint density at radius 2 is 2.05 bits per heavy atom. The first-order valence-corrected chi connectivity index (χ1v) is 5.83. The molecule has 2 aromatic heterocycles. The Labute approximate surface area is 117 Å². The molecule has 0 radical (unpaired) electrons. The van der Waals surface area contributed by atoms with Crippen LogP contribution in [0, 0.1) is 13.8 Å². The summed E-state index contributed by atoms with van der Waals surface area (Å²) in [5.74, 6) is -0.251. The summed E-state index contributed by atoms with van der Waals surface area (Å²) in [4.78, 5) is 4.15. The van der Waals surface area contributed by atoms with Gasteiger partial charge in [0, 0.05) is 11.9 Å². The van der Waals surface area contributed by atoms with E-state index in [0.717, 1.165) is 16.9 Å². The zero-order chi connectivity index (χ0) is 15.8. The topological polar surface area (TPSA) is 89.3 Å². The number of halogens is 3. The van der Waals surface area contributed by atoms with Crippen LogP contribution in [0.15, 0.2) is 23.5 Å². The number of amidine groups is 1. The fraction of sp³-hybridized carbons (Fsp3) is 0.250. The molecule has 0 amide bonds. The van der Waals surface area contributed by atoms with Gasteiger partial charge in [0.15, 0.2) is 11.5 Å². The summed E-state index contributed by atoms with van der Waals surface area (Å²) in [6.45, 7) is 3.29. The average Bonchev–Trinajstić information content (AvgIpc) is 2.86. The number of alkyl halides is 3. The maximum absolute atomic E-state index is 12.6. The molecule has 0 bridgehead atoms. The number of rotatable bonds is 2. The zero-order valence-electron chi connectivity index (χ0n) is 11.2. The first-order valence-electron chi connectivity index (χ1n) is 5.83. The van der Waals surface area contributed by atoms with Gasteiger partial charge in [-0.2, -0.15) is 18.3 Å². The van der Waals surface area contributed by atoms with Crippen LogP contribution in [0.3, 0.4) is 0 Å². The molecule has 0 saturated heterocycles. The van der Waals surface area contributed by atoms with Crippen LogP contribution < -0.4 is 5.73 Å². The molecular weight excluding hydrogens is 287 g/mol. The summed E-state index contributed by atoms with van der Waals surface area (Å²) in [5.41, 5.74) is 6.01. The van der Waals surface area contributed by atoms with Gasteiger partial charge in [0.25, 0.3) is 0 Å². The normalized spacial score (nSPS) is 12.7. The molecule has 0 fully saturated rings. The molecule has 9 heteroatoms. The molecule has 6 nitrogen and oxygen atoms in total. The van der Waals surface area contributed by atoms with Crippen molar-refractivity contribution in [3.05, 3.63) is 41.0 Å². The third-order valence-electron chi connectivity index (χ3n) is 2.80. The van der Waals surface area contributed by atoms with E-state index in [1.807, 2.05) is 0 Å². The highest BCUT2D eigenvalue weighted by Crippen LogP contribution is 2.28. The van der Waals surface area contributed by atoms with Crippen molar-refractivity contribution in [1.29, 1.82) is 0 Å². The minimum absolute atomic E-state index is 0.222. The summed E-state index contributed by atoms with van der Waals surface area (Å²) in [7, 11) is 0. The van der Waals surface area contributed by atoms with Crippen molar-refractivity contribution in [2.75, 3.05) is 0 Å². The van der Waals surface area contributed by atoms with Crippen LogP contribution in [0.1, 0.15) is 22.6 Å². The van der Waals surface area contributed by atoms with Gasteiger partial charge in [-0.15, -0.1) is 0 Å². The minimum Gasteiger partial charge on any atom is -0.409 e. The largest absolute Gasteiger partial charge is 0.435 e. The predicted octanol–water partition coefficient (Wildman–Crippen LogP) is 2.00. The number of hydrogen-bond acceptors (Lipinski definition) is 4. The van der Waals surface area contributed by atoms with Crippen molar-refractivity contribution in [3.63, 3.8) is 0 Å².